The number of aromatic nitrogens is 4. The summed E-state index contributed by atoms with van der Waals surface area (Å²) >= 11 is 0. The molecule has 0 saturated heterocycles. The van der Waals surface area contributed by atoms with E-state index < -0.39 is 0 Å². The van der Waals surface area contributed by atoms with Crippen LogP contribution in [0.5, 0.6) is 0 Å². The van der Waals surface area contributed by atoms with Crippen molar-refractivity contribution >= 4 is 17.1 Å². The number of carbonyl (C=O) groups is 1. The van der Waals surface area contributed by atoms with E-state index in [0.717, 1.165) is 6.42 Å². The summed E-state index contributed by atoms with van der Waals surface area (Å²) in [6, 6.07) is 0. The Hall–Kier alpha value is -2.42. The Kier molecular flexibility index (Phi) is 6.36. The van der Waals surface area contributed by atoms with Crippen LogP contribution in [0.3, 0.4) is 0 Å². The first-order valence-corrected chi connectivity index (χ1v) is 8.67. The summed E-state index contributed by atoms with van der Waals surface area (Å²) in [7, 11) is 6.96. The van der Waals surface area contributed by atoms with E-state index in [0.29, 0.717) is 30.6 Å². The normalized spacial score (nSPS) is 12.7. The van der Waals surface area contributed by atoms with Crippen LogP contribution in [0, 0.1) is 0 Å². The van der Waals surface area contributed by atoms with Crippen LogP contribution in [0.4, 0.5) is 0 Å². The fraction of sp³-hybridized carbons (Fsp3) is 0.647. The van der Waals surface area contributed by atoms with Crippen molar-refractivity contribution in [1.29, 1.82) is 0 Å². The van der Waals surface area contributed by atoms with Gasteiger partial charge in [-0.05, 0) is 40.3 Å². The van der Waals surface area contributed by atoms with Gasteiger partial charge in [-0.15, -0.1) is 0 Å². The van der Waals surface area contributed by atoms with Gasteiger partial charge in [0.05, 0.1) is 19.0 Å². The van der Waals surface area contributed by atoms with Gasteiger partial charge in [0.1, 0.15) is 0 Å². The van der Waals surface area contributed by atoms with E-state index in [2.05, 4.69) is 4.98 Å². The molecule has 0 aromatic carbocycles. The smallest absolute Gasteiger partial charge is 0.332 e. The number of imidazole rings is 1. The van der Waals surface area contributed by atoms with Crippen LogP contribution in [0.1, 0.15) is 26.2 Å². The summed E-state index contributed by atoms with van der Waals surface area (Å²) in [5, 5.41) is 0. The zero-order valence-electron chi connectivity index (χ0n) is 16.1. The van der Waals surface area contributed by atoms with E-state index in [1.165, 1.54) is 15.5 Å². The van der Waals surface area contributed by atoms with Crippen molar-refractivity contribution in [2.75, 3.05) is 20.6 Å². The predicted octanol–water partition coefficient (Wildman–Crippen LogP) is 0.0973. The highest BCUT2D eigenvalue weighted by Gasteiger charge is 2.15. The molecule has 144 valence electrons. The summed E-state index contributed by atoms with van der Waals surface area (Å²) in [5.74, 6) is -0.255. The van der Waals surface area contributed by atoms with Crippen LogP contribution < -0.4 is 11.2 Å². The summed E-state index contributed by atoms with van der Waals surface area (Å²) in [5.41, 5.74) is 0.110. The Balaban J connectivity index is 1.96. The first-order valence-electron chi connectivity index (χ1n) is 8.67. The quantitative estimate of drug-likeness (QED) is 0.487. The Bertz CT molecular complexity index is 893. The second kappa shape index (κ2) is 8.31. The monoisotopic (exact) mass is 365 g/mol. The first-order chi connectivity index (χ1) is 12.2. The largest absolute Gasteiger partial charge is 0.462 e. The van der Waals surface area contributed by atoms with Gasteiger partial charge in [-0.1, -0.05) is 0 Å². The molecule has 0 radical (unpaired) electrons. The average Bonchev–Trinajstić information content (AvgIpc) is 2.93. The molecular weight excluding hydrogens is 338 g/mol. The molecule has 0 spiro atoms. The van der Waals surface area contributed by atoms with Crippen LogP contribution in [0.2, 0.25) is 0 Å². The number of esters is 1. The number of hydrogen-bond acceptors (Lipinski definition) is 6. The maximum Gasteiger partial charge on any atom is 0.332 e. The standard InChI is InChI=1S/C17H27N5O4/c1-12(26-13(23)10-19(2)3)8-6-7-9-22-16(24)14-15(18-11-20(14)4)21(5)17(22)25/h11-12H,6-10H2,1-5H3. The van der Waals surface area contributed by atoms with Gasteiger partial charge in [-0.2, -0.15) is 0 Å². The van der Waals surface area contributed by atoms with Gasteiger partial charge in [0.25, 0.3) is 5.56 Å². The summed E-state index contributed by atoms with van der Waals surface area (Å²) in [6.07, 6.45) is 3.41. The molecule has 0 N–H and O–H groups in total. The van der Waals surface area contributed by atoms with Crippen molar-refractivity contribution in [2.45, 2.75) is 38.8 Å². The number of hydrogen-bond donors (Lipinski definition) is 0. The number of rotatable bonds is 8. The molecule has 1 unspecified atom stereocenters. The van der Waals surface area contributed by atoms with Gasteiger partial charge in [-0.25, -0.2) is 9.78 Å². The van der Waals surface area contributed by atoms with Crippen LogP contribution in [-0.4, -0.2) is 56.3 Å². The molecule has 0 aliphatic rings. The van der Waals surface area contributed by atoms with E-state index in [4.69, 9.17) is 4.74 Å². The Labute approximate surface area is 151 Å². The molecule has 2 aromatic rings. The highest BCUT2D eigenvalue weighted by molar-refractivity contribution is 5.71. The van der Waals surface area contributed by atoms with E-state index in [1.807, 2.05) is 21.0 Å². The molecule has 0 amide bonds. The molecule has 2 rings (SSSR count). The maximum absolute atomic E-state index is 12.6. The number of ether oxygens (including phenoxy) is 1. The van der Waals surface area contributed by atoms with E-state index in [9.17, 15) is 14.4 Å². The lowest BCUT2D eigenvalue weighted by molar-refractivity contribution is -0.149. The summed E-state index contributed by atoms with van der Waals surface area (Å²) < 4.78 is 9.58. The SMILES string of the molecule is CC(CCCCn1c(=O)c2c(ncn2C)n(C)c1=O)OC(=O)CN(C)C. The number of aryl methyl sites for hydroxylation is 2. The summed E-state index contributed by atoms with van der Waals surface area (Å²) in [6.45, 7) is 2.42. The molecule has 0 bridgehead atoms. The lowest BCUT2D eigenvalue weighted by Crippen LogP contribution is -2.39. The van der Waals surface area contributed by atoms with Gasteiger partial charge in [-0.3, -0.25) is 23.6 Å². The van der Waals surface area contributed by atoms with Gasteiger partial charge in [0.2, 0.25) is 0 Å². The molecule has 0 saturated carbocycles. The highest BCUT2D eigenvalue weighted by Crippen LogP contribution is 2.07. The van der Waals surface area contributed by atoms with Gasteiger partial charge in [0.15, 0.2) is 11.2 Å². The van der Waals surface area contributed by atoms with E-state index in [1.54, 1.807) is 23.6 Å². The Morgan fingerprint density at radius 3 is 2.62 bits per heavy atom. The average molecular weight is 365 g/mol. The van der Waals surface area contributed by atoms with Crippen LogP contribution in [-0.2, 0) is 30.2 Å². The molecule has 2 heterocycles. The Morgan fingerprint density at radius 1 is 1.27 bits per heavy atom. The van der Waals surface area contributed by atoms with E-state index >= 15 is 0 Å². The molecule has 2 aromatic heterocycles. The number of unbranched alkanes of at least 4 members (excludes halogenated alkanes) is 1. The molecule has 0 aliphatic carbocycles. The maximum atomic E-state index is 12.6. The molecule has 9 heteroatoms. The minimum atomic E-state index is -0.369. The second-order valence-corrected chi connectivity index (χ2v) is 6.86. The lowest BCUT2D eigenvalue weighted by atomic mass is 10.1. The molecule has 0 aliphatic heterocycles. The van der Waals surface area contributed by atoms with Crippen LogP contribution >= 0.6 is 0 Å². The number of fused-ring (bicyclic) bond motifs is 1. The van der Waals surface area contributed by atoms with Crippen molar-refractivity contribution in [3.05, 3.63) is 27.2 Å². The van der Waals surface area contributed by atoms with Crippen molar-refractivity contribution in [2.24, 2.45) is 14.1 Å². The zero-order valence-corrected chi connectivity index (χ0v) is 16.1. The fourth-order valence-electron chi connectivity index (χ4n) is 2.87. The van der Waals surface area contributed by atoms with Gasteiger partial charge >= 0.3 is 11.7 Å². The predicted molar refractivity (Wildman–Crippen MR) is 98.2 cm³/mol. The van der Waals surface area contributed by atoms with Crippen molar-refractivity contribution in [1.82, 2.24) is 23.6 Å². The second-order valence-electron chi connectivity index (χ2n) is 6.86. The van der Waals surface area contributed by atoms with Crippen LogP contribution in [0.15, 0.2) is 15.9 Å². The third kappa shape index (κ3) is 4.40. The number of carbonyl (C=O) groups excluding carboxylic acids is 1. The van der Waals surface area contributed by atoms with Crippen molar-refractivity contribution < 1.29 is 9.53 Å². The molecular formula is C17H27N5O4. The zero-order chi connectivity index (χ0) is 19.4. The highest BCUT2D eigenvalue weighted by atomic mass is 16.5. The van der Waals surface area contributed by atoms with Crippen LogP contribution in [0.25, 0.3) is 11.2 Å². The molecule has 1 atom stereocenters. The van der Waals surface area contributed by atoms with Crippen molar-refractivity contribution in [3.8, 4) is 0 Å². The van der Waals surface area contributed by atoms with Gasteiger partial charge < -0.3 is 9.30 Å². The lowest BCUT2D eigenvalue weighted by Gasteiger charge is -2.15. The third-order valence-corrected chi connectivity index (χ3v) is 4.22. The summed E-state index contributed by atoms with van der Waals surface area (Å²) in [4.78, 5) is 42.4. The van der Waals surface area contributed by atoms with E-state index in [-0.39, 0.29) is 29.9 Å². The molecule has 26 heavy (non-hydrogen) atoms. The minimum Gasteiger partial charge on any atom is -0.462 e. The van der Waals surface area contributed by atoms with Crippen molar-refractivity contribution in [3.63, 3.8) is 0 Å². The number of likely N-dealkylation sites (N-methyl/N-ethyl adjacent to an activating group) is 1. The fourth-order valence-corrected chi connectivity index (χ4v) is 2.87. The first kappa shape index (κ1) is 19.9. The topological polar surface area (TPSA) is 91.4 Å². The molecule has 9 nitrogen and oxygen atoms in total. The molecule has 0 fully saturated rings. The Morgan fingerprint density at radius 2 is 1.96 bits per heavy atom. The number of nitrogens with zero attached hydrogens (tertiary/aromatic N) is 5. The van der Waals surface area contributed by atoms with Gasteiger partial charge in [0, 0.05) is 20.6 Å². The minimum absolute atomic E-state index is 0.193. The third-order valence-electron chi connectivity index (χ3n) is 4.22.